The molecule has 0 nitrogen and oxygen atoms in total. The summed E-state index contributed by atoms with van der Waals surface area (Å²) < 4.78 is 0. The van der Waals surface area contributed by atoms with Crippen LogP contribution in [0.25, 0.3) is 0 Å². The summed E-state index contributed by atoms with van der Waals surface area (Å²) in [5.41, 5.74) is 0. The minimum absolute atomic E-state index is 0.398. The van der Waals surface area contributed by atoms with Crippen LogP contribution in [-0.2, 0) is 0 Å². The molecule has 0 aliphatic carbocycles. The van der Waals surface area contributed by atoms with E-state index in [1.165, 1.54) is 0 Å². The summed E-state index contributed by atoms with van der Waals surface area (Å²) in [6.07, 6.45) is 4.40. The summed E-state index contributed by atoms with van der Waals surface area (Å²) in [4.78, 5) is 0. The highest BCUT2D eigenvalue weighted by Crippen LogP contribution is 2.04. The van der Waals surface area contributed by atoms with E-state index < -0.39 is 0 Å². The molecule has 0 amide bonds. The highest BCUT2D eigenvalue weighted by atomic mass is 35.5. The van der Waals surface area contributed by atoms with Gasteiger partial charge in [-0.1, -0.05) is 23.8 Å². The quantitative estimate of drug-likeness (QED) is 0.429. The van der Waals surface area contributed by atoms with Crippen molar-refractivity contribution >= 4 is 23.2 Å². The third-order valence-corrected chi connectivity index (χ3v) is 1.35. The smallest absolute Gasteiger partial charge is 0.0578 e. The lowest BCUT2D eigenvalue weighted by Crippen LogP contribution is -1.69. The maximum absolute atomic E-state index is 5.53. The number of allylic oxidation sites excluding steroid dienone is 3. The summed E-state index contributed by atoms with van der Waals surface area (Å²) in [5.74, 6) is 0.398. The normalized spacial score (nSPS) is 11.5. The van der Waals surface area contributed by atoms with E-state index >= 15 is 0 Å². The Morgan fingerprint density at radius 2 is 2.25 bits per heavy atom. The molecular formula is C6H8Cl2. The summed E-state index contributed by atoms with van der Waals surface area (Å²) in [6, 6.07) is 0. The van der Waals surface area contributed by atoms with Crippen LogP contribution < -0.4 is 0 Å². The molecule has 0 saturated heterocycles. The van der Waals surface area contributed by atoms with E-state index in [-0.39, 0.29) is 0 Å². The lowest BCUT2D eigenvalue weighted by Gasteiger charge is -1.84. The SMILES string of the molecule is C=CC/C=C(\Cl)CCl. The zero-order chi connectivity index (χ0) is 6.41. The van der Waals surface area contributed by atoms with E-state index in [0.717, 1.165) is 6.42 Å². The average Bonchev–Trinajstić information content (AvgIpc) is 1.83. The number of halogens is 2. The van der Waals surface area contributed by atoms with Gasteiger partial charge in [-0.05, 0) is 6.42 Å². The molecule has 0 spiro atoms. The molecule has 0 aromatic heterocycles. The first-order valence-electron chi connectivity index (χ1n) is 2.32. The maximum Gasteiger partial charge on any atom is 0.0578 e. The summed E-state index contributed by atoms with van der Waals surface area (Å²) in [6.45, 7) is 3.52. The van der Waals surface area contributed by atoms with Crippen LogP contribution in [0.2, 0.25) is 0 Å². The van der Waals surface area contributed by atoms with Crippen molar-refractivity contribution in [1.29, 1.82) is 0 Å². The van der Waals surface area contributed by atoms with Gasteiger partial charge in [0.15, 0.2) is 0 Å². The van der Waals surface area contributed by atoms with E-state index in [2.05, 4.69) is 6.58 Å². The molecule has 8 heavy (non-hydrogen) atoms. The molecule has 0 aliphatic heterocycles. The van der Waals surface area contributed by atoms with Crippen molar-refractivity contribution in [2.24, 2.45) is 0 Å². The maximum atomic E-state index is 5.53. The number of alkyl halides is 1. The Kier molecular flexibility index (Phi) is 5.24. The Labute approximate surface area is 59.8 Å². The minimum atomic E-state index is 0.398. The lowest BCUT2D eigenvalue weighted by molar-refractivity contribution is 1.38. The van der Waals surface area contributed by atoms with Crippen LogP contribution in [0.1, 0.15) is 6.42 Å². The van der Waals surface area contributed by atoms with Crippen LogP contribution in [0.5, 0.6) is 0 Å². The Hall–Kier alpha value is 0.0600. The zero-order valence-corrected chi connectivity index (χ0v) is 6.04. The van der Waals surface area contributed by atoms with Crippen molar-refractivity contribution < 1.29 is 0 Å². The summed E-state index contributed by atoms with van der Waals surface area (Å²) in [7, 11) is 0. The summed E-state index contributed by atoms with van der Waals surface area (Å²) >= 11 is 10.9. The first-order valence-corrected chi connectivity index (χ1v) is 3.24. The summed E-state index contributed by atoms with van der Waals surface area (Å²) in [5, 5.41) is 0.687. The molecule has 2 heteroatoms. The highest BCUT2D eigenvalue weighted by Gasteiger charge is 1.82. The van der Waals surface area contributed by atoms with E-state index in [4.69, 9.17) is 23.2 Å². The van der Waals surface area contributed by atoms with E-state index in [1.54, 1.807) is 6.08 Å². The van der Waals surface area contributed by atoms with E-state index in [1.807, 2.05) is 6.08 Å². The average molecular weight is 151 g/mol. The van der Waals surface area contributed by atoms with Crippen LogP contribution in [0.3, 0.4) is 0 Å². The van der Waals surface area contributed by atoms with Crippen molar-refractivity contribution in [1.82, 2.24) is 0 Å². The Morgan fingerprint density at radius 1 is 1.62 bits per heavy atom. The van der Waals surface area contributed by atoms with Crippen molar-refractivity contribution in [3.63, 3.8) is 0 Å². The minimum Gasteiger partial charge on any atom is -0.121 e. The number of hydrogen-bond acceptors (Lipinski definition) is 0. The van der Waals surface area contributed by atoms with Crippen molar-refractivity contribution in [2.75, 3.05) is 5.88 Å². The Bertz CT molecular complexity index is 94.7. The lowest BCUT2D eigenvalue weighted by atomic mass is 10.4. The molecule has 0 atom stereocenters. The molecule has 0 aromatic rings. The van der Waals surface area contributed by atoms with Crippen molar-refractivity contribution in [2.45, 2.75) is 6.42 Å². The third kappa shape index (κ3) is 4.23. The highest BCUT2D eigenvalue weighted by molar-refractivity contribution is 6.35. The second-order valence-corrected chi connectivity index (χ2v) is 2.06. The topological polar surface area (TPSA) is 0 Å². The molecule has 0 fully saturated rings. The second kappa shape index (κ2) is 5.20. The third-order valence-electron chi connectivity index (χ3n) is 0.634. The van der Waals surface area contributed by atoms with Gasteiger partial charge in [0, 0.05) is 5.03 Å². The van der Waals surface area contributed by atoms with Crippen molar-refractivity contribution in [3.05, 3.63) is 23.8 Å². The fourth-order valence-electron chi connectivity index (χ4n) is 0.266. The van der Waals surface area contributed by atoms with Crippen LogP contribution >= 0.6 is 23.2 Å². The van der Waals surface area contributed by atoms with Gasteiger partial charge in [-0.2, -0.15) is 0 Å². The van der Waals surface area contributed by atoms with Gasteiger partial charge >= 0.3 is 0 Å². The molecule has 0 radical (unpaired) electrons. The molecule has 0 heterocycles. The van der Waals surface area contributed by atoms with Gasteiger partial charge in [-0.15, -0.1) is 18.2 Å². The number of hydrogen-bond donors (Lipinski definition) is 0. The van der Waals surface area contributed by atoms with Gasteiger partial charge in [-0.25, -0.2) is 0 Å². The fourth-order valence-corrected chi connectivity index (χ4v) is 0.464. The molecule has 0 saturated carbocycles. The Balaban J connectivity index is 3.40. The largest absolute Gasteiger partial charge is 0.121 e. The fraction of sp³-hybridized carbons (Fsp3) is 0.333. The first-order chi connectivity index (χ1) is 3.81. The van der Waals surface area contributed by atoms with E-state index in [9.17, 15) is 0 Å². The van der Waals surface area contributed by atoms with Crippen LogP contribution in [0.15, 0.2) is 23.8 Å². The van der Waals surface area contributed by atoms with Crippen LogP contribution in [-0.4, -0.2) is 5.88 Å². The molecular weight excluding hydrogens is 143 g/mol. The predicted molar refractivity (Wildman–Crippen MR) is 39.5 cm³/mol. The number of rotatable bonds is 3. The molecule has 0 aliphatic rings. The van der Waals surface area contributed by atoms with Crippen molar-refractivity contribution in [3.8, 4) is 0 Å². The van der Waals surface area contributed by atoms with Gasteiger partial charge in [0.1, 0.15) is 0 Å². The predicted octanol–water partition coefficient (Wildman–Crippen LogP) is 2.92. The van der Waals surface area contributed by atoms with Gasteiger partial charge in [0.05, 0.1) is 5.88 Å². The zero-order valence-electron chi connectivity index (χ0n) is 4.53. The molecule has 0 rings (SSSR count). The van der Waals surface area contributed by atoms with Gasteiger partial charge in [0.25, 0.3) is 0 Å². The molecule has 0 bridgehead atoms. The van der Waals surface area contributed by atoms with Gasteiger partial charge in [-0.3, -0.25) is 0 Å². The standard InChI is InChI=1S/C6H8Cl2/c1-2-3-4-6(8)5-7/h2,4H,1,3,5H2/b6-4-. The monoisotopic (exact) mass is 150 g/mol. The molecule has 46 valence electrons. The second-order valence-electron chi connectivity index (χ2n) is 1.31. The first kappa shape index (κ1) is 8.06. The van der Waals surface area contributed by atoms with Crippen LogP contribution in [0, 0.1) is 0 Å². The van der Waals surface area contributed by atoms with Crippen LogP contribution in [0.4, 0.5) is 0 Å². The Morgan fingerprint density at radius 3 is 2.62 bits per heavy atom. The van der Waals surface area contributed by atoms with Gasteiger partial charge in [0.2, 0.25) is 0 Å². The van der Waals surface area contributed by atoms with E-state index in [0.29, 0.717) is 10.9 Å². The van der Waals surface area contributed by atoms with Gasteiger partial charge < -0.3 is 0 Å². The molecule has 0 N–H and O–H groups in total. The molecule has 0 unspecified atom stereocenters. The molecule has 0 aromatic carbocycles.